The first-order valence-corrected chi connectivity index (χ1v) is 8.83. The van der Waals surface area contributed by atoms with Crippen LogP contribution in [-0.4, -0.2) is 20.3 Å². The summed E-state index contributed by atoms with van der Waals surface area (Å²) in [4.78, 5) is 12.1. The Labute approximate surface area is 159 Å². The number of hydrogen-bond donors (Lipinski definition) is 2. The predicted octanol–water partition coefficient (Wildman–Crippen LogP) is 3.99. The fraction of sp³-hybridized carbons (Fsp3) is 0.227. The smallest absolute Gasteiger partial charge is 0.315 e. The van der Waals surface area contributed by atoms with Crippen molar-refractivity contribution in [3.63, 3.8) is 0 Å². The molecule has 0 bridgehead atoms. The van der Waals surface area contributed by atoms with Gasteiger partial charge in [0.1, 0.15) is 5.75 Å². The van der Waals surface area contributed by atoms with Gasteiger partial charge in [-0.05, 0) is 45.7 Å². The molecule has 0 heterocycles. The normalized spacial score (nSPS) is 10.6. The maximum Gasteiger partial charge on any atom is 0.315 e. The van der Waals surface area contributed by atoms with Gasteiger partial charge in [-0.1, -0.05) is 42.5 Å². The number of carbonyl (C=O) groups excluding carboxylic acids is 1. The van der Waals surface area contributed by atoms with E-state index in [1.807, 2.05) is 54.6 Å². The van der Waals surface area contributed by atoms with Crippen LogP contribution in [0.5, 0.6) is 5.75 Å². The van der Waals surface area contributed by atoms with Crippen molar-refractivity contribution < 1.29 is 14.3 Å². The number of nitrogens with one attached hydrogen (secondary N) is 2. The second-order valence-electron chi connectivity index (χ2n) is 6.29. The van der Waals surface area contributed by atoms with E-state index in [0.29, 0.717) is 19.7 Å². The van der Waals surface area contributed by atoms with Crippen LogP contribution in [0.3, 0.4) is 0 Å². The monoisotopic (exact) mass is 364 g/mol. The molecule has 0 atom stereocenters. The molecule has 5 heteroatoms. The Morgan fingerprint density at radius 3 is 2.33 bits per heavy atom. The van der Waals surface area contributed by atoms with Gasteiger partial charge in [0.25, 0.3) is 0 Å². The summed E-state index contributed by atoms with van der Waals surface area (Å²) in [5.74, 6) is 0.835. The molecule has 0 unspecified atom stereocenters. The van der Waals surface area contributed by atoms with Gasteiger partial charge in [-0.25, -0.2) is 4.79 Å². The highest BCUT2D eigenvalue weighted by atomic mass is 16.5. The zero-order valence-electron chi connectivity index (χ0n) is 15.6. The summed E-state index contributed by atoms with van der Waals surface area (Å²) in [5, 5.41) is 8.02. The minimum Gasteiger partial charge on any atom is -0.497 e. The van der Waals surface area contributed by atoms with Gasteiger partial charge in [-0.3, -0.25) is 0 Å². The minimum absolute atomic E-state index is 0.197. The standard InChI is InChI=1S/C22H24N2O3/c1-26-15-20-6-4-3-5-19(20)14-24-22(25)23-13-16-7-8-18-12-21(27-2)10-9-17(18)11-16/h3-12H,13-15H2,1-2H3,(H2,23,24,25). The first-order valence-electron chi connectivity index (χ1n) is 8.83. The Bertz CT molecular complexity index is 924. The quantitative estimate of drug-likeness (QED) is 0.666. The molecule has 3 rings (SSSR count). The van der Waals surface area contributed by atoms with Crippen LogP contribution in [0.4, 0.5) is 4.79 Å². The maximum atomic E-state index is 12.1. The molecule has 5 nitrogen and oxygen atoms in total. The van der Waals surface area contributed by atoms with E-state index in [-0.39, 0.29) is 6.03 Å². The number of urea groups is 1. The number of carbonyl (C=O) groups is 1. The highest BCUT2D eigenvalue weighted by molar-refractivity contribution is 5.84. The molecule has 0 saturated carbocycles. The largest absolute Gasteiger partial charge is 0.497 e. The van der Waals surface area contributed by atoms with Crippen LogP contribution in [0.15, 0.2) is 60.7 Å². The Kier molecular flexibility index (Phi) is 6.28. The molecule has 0 aliphatic heterocycles. The molecule has 0 radical (unpaired) electrons. The van der Waals surface area contributed by atoms with Gasteiger partial charge in [-0.15, -0.1) is 0 Å². The fourth-order valence-corrected chi connectivity index (χ4v) is 2.96. The summed E-state index contributed by atoms with van der Waals surface area (Å²) in [6, 6.07) is 19.8. The number of amides is 2. The van der Waals surface area contributed by atoms with Crippen molar-refractivity contribution in [1.82, 2.24) is 10.6 Å². The van der Waals surface area contributed by atoms with Crippen LogP contribution in [0.2, 0.25) is 0 Å². The van der Waals surface area contributed by atoms with E-state index in [1.54, 1.807) is 14.2 Å². The van der Waals surface area contributed by atoms with Crippen molar-refractivity contribution in [3.8, 4) is 5.75 Å². The van der Waals surface area contributed by atoms with Crippen molar-refractivity contribution in [1.29, 1.82) is 0 Å². The van der Waals surface area contributed by atoms with Crippen molar-refractivity contribution in [2.75, 3.05) is 14.2 Å². The van der Waals surface area contributed by atoms with Gasteiger partial charge >= 0.3 is 6.03 Å². The van der Waals surface area contributed by atoms with Crippen LogP contribution >= 0.6 is 0 Å². The van der Waals surface area contributed by atoms with E-state index in [0.717, 1.165) is 33.2 Å². The molecule has 2 N–H and O–H groups in total. The molecule has 0 aliphatic rings. The SMILES string of the molecule is COCc1ccccc1CNC(=O)NCc1ccc2cc(OC)ccc2c1. The van der Waals surface area contributed by atoms with Crippen molar-refractivity contribution in [2.24, 2.45) is 0 Å². The van der Waals surface area contributed by atoms with E-state index >= 15 is 0 Å². The summed E-state index contributed by atoms with van der Waals surface area (Å²) in [6.45, 7) is 1.46. The van der Waals surface area contributed by atoms with E-state index < -0.39 is 0 Å². The molecule has 0 aromatic heterocycles. The summed E-state index contributed by atoms with van der Waals surface area (Å²) in [7, 11) is 3.32. The fourth-order valence-electron chi connectivity index (χ4n) is 2.96. The van der Waals surface area contributed by atoms with Crippen LogP contribution in [0.1, 0.15) is 16.7 Å². The predicted molar refractivity (Wildman–Crippen MR) is 107 cm³/mol. The average molecular weight is 364 g/mol. The third-order valence-corrected chi connectivity index (χ3v) is 4.42. The molecule has 3 aromatic rings. The molecular formula is C22H24N2O3. The van der Waals surface area contributed by atoms with E-state index in [1.165, 1.54) is 0 Å². The minimum atomic E-state index is -0.197. The summed E-state index contributed by atoms with van der Waals surface area (Å²) >= 11 is 0. The van der Waals surface area contributed by atoms with Gasteiger partial charge < -0.3 is 20.1 Å². The Hall–Kier alpha value is -3.05. The molecular weight excluding hydrogens is 340 g/mol. The molecule has 3 aromatic carbocycles. The first kappa shape index (κ1) is 18.7. The lowest BCUT2D eigenvalue weighted by Gasteiger charge is -2.11. The summed E-state index contributed by atoms with van der Waals surface area (Å²) < 4.78 is 10.4. The average Bonchev–Trinajstić information content (AvgIpc) is 2.71. The van der Waals surface area contributed by atoms with Crippen LogP contribution in [-0.2, 0) is 24.4 Å². The summed E-state index contributed by atoms with van der Waals surface area (Å²) in [5.41, 5.74) is 3.17. The lowest BCUT2D eigenvalue weighted by molar-refractivity contribution is 0.184. The lowest BCUT2D eigenvalue weighted by atomic mass is 10.1. The van der Waals surface area contributed by atoms with Crippen LogP contribution in [0.25, 0.3) is 10.8 Å². The zero-order valence-corrected chi connectivity index (χ0v) is 15.6. The molecule has 2 amide bonds. The van der Waals surface area contributed by atoms with Crippen molar-refractivity contribution in [2.45, 2.75) is 19.7 Å². The lowest BCUT2D eigenvalue weighted by Crippen LogP contribution is -2.34. The first-order chi connectivity index (χ1) is 13.2. The Morgan fingerprint density at radius 2 is 1.56 bits per heavy atom. The number of fused-ring (bicyclic) bond motifs is 1. The van der Waals surface area contributed by atoms with E-state index in [2.05, 4.69) is 16.7 Å². The van der Waals surface area contributed by atoms with Crippen LogP contribution in [0, 0.1) is 0 Å². The van der Waals surface area contributed by atoms with Gasteiger partial charge in [0.2, 0.25) is 0 Å². The number of rotatable bonds is 7. The van der Waals surface area contributed by atoms with Crippen molar-refractivity contribution >= 4 is 16.8 Å². The molecule has 27 heavy (non-hydrogen) atoms. The number of hydrogen-bond acceptors (Lipinski definition) is 3. The molecule has 0 saturated heterocycles. The molecule has 140 valence electrons. The van der Waals surface area contributed by atoms with Crippen LogP contribution < -0.4 is 15.4 Å². The number of ether oxygens (including phenoxy) is 2. The highest BCUT2D eigenvalue weighted by Crippen LogP contribution is 2.21. The molecule has 0 spiro atoms. The second kappa shape index (κ2) is 9.05. The molecule has 0 fully saturated rings. The Morgan fingerprint density at radius 1 is 0.852 bits per heavy atom. The summed E-state index contributed by atoms with van der Waals surface area (Å²) in [6.07, 6.45) is 0. The van der Waals surface area contributed by atoms with E-state index in [4.69, 9.17) is 9.47 Å². The zero-order chi connectivity index (χ0) is 19.1. The van der Waals surface area contributed by atoms with Gasteiger partial charge in [0.05, 0.1) is 13.7 Å². The number of methoxy groups -OCH3 is 2. The highest BCUT2D eigenvalue weighted by Gasteiger charge is 2.05. The topological polar surface area (TPSA) is 59.6 Å². The van der Waals surface area contributed by atoms with Gasteiger partial charge in [-0.2, -0.15) is 0 Å². The van der Waals surface area contributed by atoms with Gasteiger partial charge in [0, 0.05) is 20.2 Å². The van der Waals surface area contributed by atoms with Crippen molar-refractivity contribution in [3.05, 3.63) is 77.4 Å². The number of benzene rings is 3. The third-order valence-electron chi connectivity index (χ3n) is 4.42. The second-order valence-corrected chi connectivity index (χ2v) is 6.29. The maximum absolute atomic E-state index is 12.1. The van der Waals surface area contributed by atoms with E-state index in [9.17, 15) is 4.79 Å². The molecule has 0 aliphatic carbocycles. The third kappa shape index (κ3) is 4.99. The van der Waals surface area contributed by atoms with Gasteiger partial charge in [0.15, 0.2) is 0 Å². The Balaban J connectivity index is 1.55.